The molecule has 1 rings (SSSR count). The third-order valence-corrected chi connectivity index (χ3v) is 2.79. The number of carbonyl (C=O) groups is 2. The zero-order valence-electron chi connectivity index (χ0n) is 13.4. The molecular weight excluding hydrogens is 374 g/mol. The maximum Gasteiger partial charge on any atom is 0.573 e. The van der Waals surface area contributed by atoms with Gasteiger partial charge in [-0.1, -0.05) is 0 Å². The summed E-state index contributed by atoms with van der Waals surface area (Å²) in [5.41, 5.74) is -4.04. The highest BCUT2D eigenvalue weighted by atomic mass is 19.4. The largest absolute Gasteiger partial charge is 0.573 e. The van der Waals surface area contributed by atoms with Gasteiger partial charge in [-0.3, -0.25) is 4.79 Å². The minimum Gasteiger partial charge on any atom is -0.463 e. The number of ether oxygens (including phenoxy) is 2. The number of nitrogens with one attached hydrogen (secondary N) is 2. The Labute approximate surface area is 143 Å². The van der Waals surface area contributed by atoms with E-state index in [0.717, 1.165) is 31.2 Å². The first-order chi connectivity index (χ1) is 11.8. The molecule has 1 amide bonds. The Hall–Kier alpha value is -2.66. The standard InChI is InChI=1S/C14H14F6N2O4/c1-3-25-11(24)12(13(15,16)17,21-8(2)23)22-9-4-6-10(7-5-9)26-14(18,19)20/h4-7,22H,3H2,1-2H3,(H,21,23)/t12-/m1/s1. The van der Waals surface area contributed by atoms with Gasteiger partial charge in [0.25, 0.3) is 0 Å². The molecule has 0 saturated carbocycles. The van der Waals surface area contributed by atoms with Crippen LogP contribution in [0.2, 0.25) is 0 Å². The summed E-state index contributed by atoms with van der Waals surface area (Å²) in [6.45, 7) is 1.61. The third kappa shape index (κ3) is 5.43. The molecule has 146 valence electrons. The van der Waals surface area contributed by atoms with Gasteiger partial charge in [0.05, 0.1) is 6.61 Å². The van der Waals surface area contributed by atoms with Crippen molar-refractivity contribution in [2.45, 2.75) is 32.0 Å². The van der Waals surface area contributed by atoms with Gasteiger partial charge >= 0.3 is 24.2 Å². The molecule has 26 heavy (non-hydrogen) atoms. The van der Waals surface area contributed by atoms with Crippen molar-refractivity contribution in [3.05, 3.63) is 24.3 Å². The van der Waals surface area contributed by atoms with Gasteiger partial charge in [-0.25, -0.2) is 4.79 Å². The molecular formula is C14H14F6N2O4. The zero-order valence-corrected chi connectivity index (χ0v) is 13.4. The second-order valence-corrected chi connectivity index (χ2v) is 4.85. The van der Waals surface area contributed by atoms with E-state index in [1.54, 1.807) is 5.32 Å². The summed E-state index contributed by atoms with van der Waals surface area (Å²) in [4.78, 5) is 23.1. The lowest BCUT2D eigenvalue weighted by atomic mass is 10.1. The molecule has 0 radical (unpaired) electrons. The summed E-state index contributed by atoms with van der Waals surface area (Å²) in [7, 11) is 0. The van der Waals surface area contributed by atoms with Gasteiger partial charge in [0.1, 0.15) is 5.75 Å². The van der Waals surface area contributed by atoms with Crippen molar-refractivity contribution < 1.29 is 45.4 Å². The van der Waals surface area contributed by atoms with Crippen molar-refractivity contribution in [1.29, 1.82) is 0 Å². The predicted octanol–water partition coefficient (Wildman–Crippen LogP) is 2.95. The van der Waals surface area contributed by atoms with Crippen LogP contribution >= 0.6 is 0 Å². The van der Waals surface area contributed by atoms with Crippen molar-refractivity contribution in [3.63, 3.8) is 0 Å². The van der Waals surface area contributed by atoms with E-state index in [4.69, 9.17) is 0 Å². The maximum atomic E-state index is 13.5. The molecule has 0 aromatic heterocycles. The fourth-order valence-electron chi connectivity index (χ4n) is 1.85. The van der Waals surface area contributed by atoms with Gasteiger partial charge in [0, 0.05) is 12.6 Å². The Kier molecular flexibility index (Phi) is 6.34. The second-order valence-electron chi connectivity index (χ2n) is 4.85. The van der Waals surface area contributed by atoms with Crippen molar-refractivity contribution >= 4 is 17.6 Å². The summed E-state index contributed by atoms with van der Waals surface area (Å²) in [5.74, 6) is -3.71. The van der Waals surface area contributed by atoms with Crippen molar-refractivity contribution in [2.24, 2.45) is 0 Å². The fourth-order valence-corrected chi connectivity index (χ4v) is 1.85. The number of hydrogen-bond acceptors (Lipinski definition) is 5. The molecule has 0 fully saturated rings. The van der Waals surface area contributed by atoms with E-state index in [1.165, 1.54) is 12.2 Å². The topological polar surface area (TPSA) is 76.7 Å². The first-order valence-corrected chi connectivity index (χ1v) is 6.97. The van der Waals surface area contributed by atoms with Crippen LogP contribution in [0.1, 0.15) is 13.8 Å². The molecule has 1 aromatic rings. The highest BCUT2D eigenvalue weighted by Crippen LogP contribution is 2.34. The normalized spacial score (nSPS) is 14.2. The molecule has 0 saturated heterocycles. The molecule has 12 heteroatoms. The maximum absolute atomic E-state index is 13.5. The van der Waals surface area contributed by atoms with E-state index in [-0.39, 0.29) is 0 Å². The van der Waals surface area contributed by atoms with Crippen LogP contribution in [0.25, 0.3) is 0 Å². The van der Waals surface area contributed by atoms with Crippen molar-refractivity contribution in [1.82, 2.24) is 5.32 Å². The second kappa shape index (κ2) is 7.70. The lowest BCUT2D eigenvalue weighted by Gasteiger charge is -2.35. The lowest BCUT2D eigenvalue weighted by Crippen LogP contribution is -2.69. The summed E-state index contributed by atoms with van der Waals surface area (Å²) in [6.07, 6.45) is -10.3. The number of benzene rings is 1. The van der Waals surface area contributed by atoms with Gasteiger partial charge < -0.3 is 20.1 Å². The SMILES string of the molecule is CCOC(=O)[C@@](NC(C)=O)(Nc1ccc(OC(F)(F)F)cc1)C(F)(F)F. The Morgan fingerprint density at radius 2 is 1.58 bits per heavy atom. The van der Waals surface area contributed by atoms with E-state index in [9.17, 15) is 35.9 Å². The van der Waals surface area contributed by atoms with Crippen LogP contribution in [-0.2, 0) is 14.3 Å². The van der Waals surface area contributed by atoms with Gasteiger partial charge in [-0.2, -0.15) is 13.2 Å². The van der Waals surface area contributed by atoms with Crippen molar-refractivity contribution in [3.8, 4) is 5.75 Å². The molecule has 0 spiro atoms. The number of hydrogen-bond donors (Lipinski definition) is 2. The molecule has 1 atom stereocenters. The van der Waals surface area contributed by atoms with E-state index in [1.807, 2.05) is 0 Å². The van der Waals surface area contributed by atoms with E-state index < -0.39 is 48.1 Å². The predicted molar refractivity (Wildman–Crippen MR) is 76.0 cm³/mol. The average Bonchev–Trinajstić information content (AvgIpc) is 2.45. The van der Waals surface area contributed by atoms with Crippen LogP contribution in [0.5, 0.6) is 5.75 Å². The number of halogens is 6. The van der Waals surface area contributed by atoms with Gasteiger partial charge in [0.15, 0.2) is 0 Å². The number of amides is 1. The number of rotatable bonds is 6. The summed E-state index contributed by atoms with van der Waals surface area (Å²) < 4.78 is 84.9. The molecule has 0 unspecified atom stereocenters. The van der Waals surface area contributed by atoms with Crippen LogP contribution in [0.4, 0.5) is 32.0 Å². The molecule has 6 nitrogen and oxygen atoms in total. The molecule has 1 aromatic carbocycles. The van der Waals surface area contributed by atoms with E-state index in [0.29, 0.717) is 0 Å². The lowest BCUT2D eigenvalue weighted by molar-refractivity contribution is -0.274. The van der Waals surface area contributed by atoms with E-state index in [2.05, 4.69) is 9.47 Å². The summed E-state index contributed by atoms with van der Waals surface area (Å²) >= 11 is 0. The zero-order chi connectivity index (χ0) is 20.2. The summed E-state index contributed by atoms with van der Waals surface area (Å²) in [6, 6.07) is 3.08. The van der Waals surface area contributed by atoms with Gasteiger partial charge in [0.2, 0.25) is 5.91 Å². The number of alkyl halides is 6. The van der Waals surface area contributed by atoms with E-state index >= 15 is 0 Å². The van der Waals surface area contributed by atoms with Crippen molar-refractivity contribution in [2.75, 3.05) is 11.9 Å². The van der Waals surface area contributed by atoms with Crippen LogP contribution in [-0.4, -0.2) is 36.7 Å². The highest BCUT2D eigenvalue weighted by molar-refractivity contribution is 5.90. The molecule has 0 bridgehead atoms. The Bertz CT molecular complexity index is 644. The Balaban J connectivity index is 3.23. The first-order valence-electron chi connectivity index (χ1n) is 6.97. The summed E-state index contributed by atoms with van der Waals surface area (Å²) in [5, 5.41) is 3.23. The first kappa shape index (κ1) is 21.4. The van der Waals surface area contributed by atoms with Gasteiger partial charge in [-0.05, 0) is 31.2 Å². The molecule has 0 aliphatic heterocycles. The van der Waals surface area contributed by atoms with Crippen LogP contribution in [0, 0.1) is 0 Å². The Morgan fingerprint density at radius 3 is 1.96 bits per heavy atom. The monoisotopic (exact) mass is 388 g/mol. The minimum atomic E-state index is -5.33. The molecule has 2 N–H and O–H groups in total. The van der Waals surface area contributed by atoms with Crippen LogP contribution in [0.3, 0.4) is 0 Å². The average molecular weight is 388 g/mol. The van der Waals surface area contributed by atoms with Crippen LogP contribution < -0.4 is 15.4 Å². The number of anilines is 1. The number of carbonyl (C=O) groups excluding carboxylic acids is 2. The van der Waals surface area contributed by atoms with Crippen LogP contribution in [0.15, 0.2) is 24.3 Å². The molecule has 0 aliphatic rings. The highest BCUT2D eigenvalue weighted by Gasteiger charge is 2.63. The van der Waals surface area contributed by atoms with Gasteiger partial charge in [-0.15, -0.1) is 13.2 Å². The Morgan fingerprint density at radius 1 is 1.04 bits per heavy atom. The fraction of sp³-hybridized carbons (Fsp3) is 0.429. The smallest absolute Gasteiger partial charge is 0.463 e. The quantitative estimate of drug-likeness (QED) is 0.445. The molecule has 0 aliphatic carbocycles. The molecule has 0 heterocycles. The minimum absolute atomic E-state index is 0.406. The third-order valence-electron chi connectivity index (χ3n) is 2.79. The number of esters is 1.